The van der Waals surface area contributed by atoms with Crippen LogP contribution >= 0.6 is 0 Å². The summed E-state index contributed by atoms with van der Waals surface area (Å²) >= 11 is 0. The van der Waals surface area contributed by atoms with Gasteiger partial charge >= 0.3 is 0 Å². The molecule has 4 heteroatoms. The second-order valence-electron chi connectivity index (χ2n) is 5.47. The van der Waals surface area contributed by atoms with Crippen LogP contribution in [0.4, 0.5) is 5.69 Å². The average molecular weight is 290 g/mol. The Bertz CT molecular complexity index is 863. The van der Waals surface area contributed by atoms with Crippen LogP contribution in [0.15, 0.2) is 60.7 Å². The van der Waals surface area contributed by atoms with Gasteiger partial charge in [-0.05, 0) is 41.8 Å². The maximum Gasteiger partial charge on any atom is 0.269 e. The van der Waals surface area contributed by atoms with Crippen molar-refractivity contribution in [1.82, 2.24) is 4.57 Å². The molecule has 0 fully saturated rings. The molecule has 0 bridgehead atoms. The highest BCUT2D eigenvalue weighted by molar-refractivity contribution is 5.73. The van der Waals surface area contributed by atoms with Gasteiger partial charge in [-0.25, -0.2) is 0 Å². The summed E-state index contributed by atoms with van der Waals surface area (Å²) in [6, 6.07) is 19.5. The molecule has 1 aliphatic rings. The molecule has 3 aromatic rings. The third-order valence-electron chi connectivity index (χ3n) is 4.25. The fourth-order valence-electron chi connectivity index (χ4n) is 3.17. The quantitative estimate of drug-likeness (QED) is 0.522. The predicted molar refractivity (Wildman–Crippen MR) is 85.7 cm³/mol. The first kappa shape index (κ1) is 12.8. The predicted octanol–water partition coefficient (Wildman–Crippen LogP) is 4.29. The standard InChI is InChI=1S/C18H14N2O2/c21-20(22)15-7-5-14(6-8-15)17-9-10-18-16-4-2-1-3-13(16)11-12-19(17)18/h1-10H,11-12H2. The zero-order valence-corrected chi connectivity index (χ0v) is 11.9. The molecule has 0 saturated carbocycles. The fourth-order valence-corrected chi connectivity index (χ4v) is 3.17. The summed E-state index contributed by atoms with van der Waals surface area (Å²) < 4.78 is 2.30. The van der Waals surface area contributed by atoms with Crippen molar-refractivity contribution in [1.29, 1.82) is 0 Å². The summed E-state index contributed by atoms with van der Waals surface area (Å²) in [5.74, 6) is 0. The molecular formula is C18H14N2O2. The molecule has 1 aliphatic heterocycles. The van der Waals surface area contributed by atoms with E-state index in [0.29, 0.717) is 0 Å². The van der Waals surface area contributed by atoms with E-state index in [1.807, 2.05) is 12.1 Å². The van der Waals surface area contributed by atoms with Crippen LogP contribution in [0.25, 0.3) is 22.5 Å². The molecular weight excluding hydrogens is 276 g/mol. The summed E-state index contributed by atoms with van der Waals surface area (Å²) in [6.07, 6.45) is 1.01. The number of nitro groups is 1. The number of aromatic nitrogens is 1. The number of nitro benzene ring substituents is 1. The van der Waals surface area contributed by atoms with Crippen molar-refractivity contribution in [2.24, 2.45) is 0 Å². The van der Waals surface area contributed by atoms with Crippen LogP contribution in [-0.2, 0) is 13.0 Å². The molecule has 22 heavy (non-hydrogen) atoms. The van der Waals surface area contributed by atoms with Crippen molar-refractivity contribution in [3.63, 3.8) is 0 Å². The van der Waals surface area contributed by atoms with Crippen LogP contribution in [0.2, 0.25) is 0 Å². The SMILES string of the molecule is O=[N+]([O-])c1ccc(-c2ccc3n2CCc2ccccc2-3)cc1. The van der Waals surface area contributed by atoms with E-state index in [2.05, 4.69) is 41.0 Å². The molecule has 4 rings (SSSR count). The minimum atomic E-state index is -0.367. The molecule has 2 heterocycles. The average Bonchev–Trinajstić information content (AvgIpc) is 2.99. The van der Waals surface area contributed by atoms with Crippen molar-refractivity contribution >= 4 is 5.69 Å². The normalized spacial score (nSPS) is 12.5. The van der Waals surface area contributed by atoms with E-state index >= 15 is 0 Å². The molecule has 0 N–H and O–H groups in total. The maximum absolute atomic E-state index is 10.8. The van der Waals surface area contributed by atoms with Gasteiger partial charge in [0.2, 0.25) is 0 Å². The lowest BCUT2D eigenvalue weighted by atomic mass is 9.99. The van der Waals surface area contributed by atoms with Crippen LogP contribution in [-0.4, -0.2) is 9.49 Å². The zero-order valence-electron chi connectivity index (χ0n) is 11.9. The molecule has 0 spiro atoms. The number of aryl methyl sites for hydroxylation is 1. The van der Waals surface area contributed by atoms with Crippen molar-refractivity contribution in [2.75, 3.05) is 0 Å². The van der Waals surface area contributed by atoms with E-state index in [1.54, 1.807) is 12.1 Å². The van der Waals surface area contributed by atoms with Crippen LogP contribution in [0.5, 0.6) is 0 Å². The summed E-state index contributed by atoms with van der Waals surface area (Å²) in [6.45, 7) is 0.936. The second kappa shape index (κ2) is 4.84. The molecule has 0 atom stereocenters. The molecule has 0 radical (unpaired) electrons. The van der Waals surface area contributed by atoms with Gasteiger partial charge in [-0.1, -0.05) is 24.3 Å². The number of non-ortho nitro benzene ring substituents is 1. The van der Waals surface area contributed by atoms with Crippen molar-refractivity contribution in [3.8, 4) is 22.5 Å². The number of rotatable bonds is 2. The van der Waals surface area contributed by atoms with Crippen molar-refractivity contribution < 1.29 is 4.92 Å². The molecule has 2 aromatic carbocycles. The number of hydrogen-bond acceptors (Lipinski definition) is 2. The van der Waals surface area contributed by atoms with E-state index in [-0.39, 0.29) is 10.6 Å². The monoisotopic (exact) mass is 290 g/mol. The zero-order chi connectivity index (χ0) is 15.1. The summed E-state index contributed by atoms with van der Waals surface area (Å²) in [4.78, 5) is 10.4. The summed E-state index contributed by atoms with van der Waals surface area (Å²) in [5, 5.41) is 10.8. The Hall–Kier alpha value is -2.88. The summed E-state index contributed by atoms with van der Waals surface area (Å²) in [5.41, 5.74) is 6.12. The fraction of sp³-hybridized carbons (Fsp3) is 0.111. The lowest BCUT2D eigenvalue weighted by molar-refractivity contribution is -0.384. The molecule has 4 nitrogen and oxygen atoms in total. The molecule has 0 saturated heterocycles. The van der Waals surface area contributed by atoms with Gasteiger partial charge in [-0.3, -0.25) is 10.1 Å². The number of hydrogen-bond donors (Lipinski definition) is 0. The molecule has 0 unspecified atom stereocenters. The smallest absolute Gasteiger partial charge is 0.269 e. The van der Waals surface area contributed by atoms with E-state index in [4.69, 9.17) is 0 Å². The first-order chi connectivity index (χ1) is 10.7. The minimum absolute atomic E-state index is 0.125. The van der Waals surface area contributed by atoms with E-state index < -0.39 is 0 Å². The van der Waals surface area contributed by atoms with Gasteiger partial charge in [0.15, 0.2) is 0 Å². The van der Waals surface area contributed by atoms with Gasteiger partial charge in [0.05, 0.1) is 4.92 Å². The highest BCUT2D eigenvalue weighted by atomic mass is 16.6. The molecule has 0 aliphatic carbocycles. The highest BCUT2D eigenvalue weighted by Crippen LogP contribution is 2.35. The number of benzene rings is 2. The van der Waals surface area contributed by atoms with Gasteiger partial charge < -0.3 is 4.57 Å². The van der Waals surface area contributed by atoms with Gasteiger partial charge in [0.1, 0.15) is 0 Å². The lowest BCUT2D eigenvalue weighted by Crippen LogP contribution is -2.11. The third kappa shape index (κ3) is 1.92. The Kier molecular flexibility index (Phi) is 2.82. The maximum atomic E-state index is 10.8. The van der Waals surface area contributed by atoms with E-state index in [0.717, 1.165) is 24.2 Å². The minimum Gasteiger partial charge on any atom is -0.340 e. The number of fused-ring (bicyclic) bond motifs is 3. The Balaban J connectivity index is 1.80. The molecule has 0 amide bonds. The van der Waals surface area contributed by atoms with Gasteiger partial charge in [0, 0.05) is 35.6 Å². The first-order valence-electron chi connectivity index (χ1n) is 7.27. The Morgan fingerprint density at radius 1 is 0.909 bits per heavy atom. The number of nitrogens with zero attached hydrogens (tertiary/aromatic N) is 2. The van der Waals surface area contributed by atoms with E-state index in [1.165, 1.54) is 16.8 Å². The van der Waals surface area contributed by atoms with Gasteiger partial charge in [-0.15, -0.1) is 0 Å². The topological polar surface area (TPSA) is 48.1 Å². The third-order valence-corrected chi connectivity index (χ3v) is 4.25. The van der Waals surface area contributed by atoms with Crippen molar-refractivity contribution in [2.45, 2.75) is 13.0 Å². The van der Waals surface area contributed by atoms with Gasteiger partial charge in [-0.2, -0.15) is 0 Å². The largest absolute Gasteiger partial charge is 0.340 e. The highest BCUT2D eigenvalue weighted by Gasteiger charge is 2.18. The van der Waals surface area contributed by atoms with Crippen LogP contribution < -0.4 is 0 Å². The van der Waals surface area contributed by atoms with E-state index in [9.17, 15) is 10.1 Å². The van der Waals surface area contributed by atoms with Crippen LogP contribution in [0.3, 0.4) is 0 Å². The second-order valence-corrected chi connectivity index (χ2v) is 5.47. The molecule has 1 aromatic heterocycles. The van der Waals surface area contributed by atoms with Crippen molar-refractivity contribution in [3.05, 3.63) is 76.3 Å². The Morgan fingerprint density at radius 3 is 2.41 bits per heavy atom. The lowest BCUT2D eigenvalue weighted by Gasteiger charge is -2.21. The first-order valence-corrected chi connectivity index (χ1v) is 7.27. The van der Waals surface area contributed by atoms with Crippen LogP contribution in [0, 0.1) is 10.1 Å². The summed E-state index contributed by atoms with van der Waals surface area (Å²) in [7, 11) is 0. The Labute approximate surface area is 127 Å². The molecule has 108 valence electrons. The van der Waals surface area contributed by atoms with Gasteiger partial charge in [0.25, 0.3) is 5.69 Å². The Morgan fingerprint density at radius 2 is 1.64 bits per heavy atom. The van der Waals surface area contributed by atoms with Crippen LogP contribution in [0.1, 0.15) is 5.56 Å².